The molecule has 1 aromatic rings. The Balaban J connectivity index is 2.42. The van der Waals surface area contributed by atoms with Crippen molar-refractivity contribution in [2.75, 3.05) is 18.6 Å². The number of Topliss-reactive ketones (excluding diaryl/α,β-unsaturated/α-hetero) is 1. The Hall–Kier alpha value is -2.24. The van der Waals surface area contributed by atoms with Gasteiger partial charge in [0.25, 0.3) is 0 Å². The van der Waals surface area contributed by atoms with Gasteiger partial charge in [-0.15, -0.1) is 0 Å². The van der Waals surface area contributed by atoms with Crippen LogP contribution in [0.4, 0.5) is 5.69 Å². The van der Waals surface area contributed by atoms with Gasteiger partial charge in [-0.1, -0.05) is 0 Å². The lowest BCUT2D eigenvalue weighted by molar-refractivity contribution is -0.121. The minimum atomic E-state index is -0.561. The number of methoxy groups -OCH3 is 1. The van der Waals surface area contributed by atoms with Crippen LogP contribution in [0.25, 0.3) is 0 Å². The third kappa shape index (κ3) is 2.01. The van der Waals surface area contributed by atoms with E-state index >= 15 is 0 Å². The van der Waals surface area contributed by atoms with Crippen LogP contribution < -0.4 is 4.90 Å². The van der Waals surface area contributed by atoms with Crippen LogP contribution in [0.1, 0.15) is 16.8 Å². The Morgan fingerprint density at radius 1 is 1.47 bits per heavy atom. The largest absolute Gasteiger partial charge is 0.465 e. The Labute approximate surface area is 97.2 Å². The summed E-state index contributed by atoms with van der Waals surface area (Å²) < 4.78 is 4.61. The quantitative estimate of drug-likeness (QED) is 0.538. The van der Waals surface area contributed by atoms with E-state index in [4.69, 9.17) is 0 Å². The van der Waals surface area contributed by atoms with Crippen molar-refractivity contribution in [1.82, 2.24) is 4.98 Å². The first kappa shape index (κ1) is 11.3. The second-order valence-corrected chi connectivity index (χ2v) is 3.58. The molecule has 88 valence electrons. The summed E-state index contributed by atoms with van der Waals surface area (Å²) in [6.45, 7) is -0.0193. The maximum Gasteiger partial charge on any atom is 0.340 e. The maximum absolute atomic E-state index is 11.6. The third-order valence-electron chi connectivity index (χ3n) is 2.48. The van der Waals surface area contributed by atoms with E-state index in [9.17, 15) is 14.4 Å². The highest BCUT2D eigenvalue weighted by atomic mass is 16.5. The molecule has 2 heterocycles. The van der Waals surface area contributed by atoms with Gasteiger partial charge >= 0.3 is 5.97 Å². The van der Waals surface area contributed by atoms with Gasteiger partial charge in [0.05, 0.1) is 37.5 Å². The molecule has 0 N–H and O–H groups in total. The number of aromatic nitrogens is 1. The lowest BCUT2D eigenvalue weighted by Gasteiger charge is -2.16. The van der Waals surface area contributed by atoms with Gasteiger partial charge < -0.3 is 9.64 Å². The van der Waals surface area contributed by atoms with Gasteiger partial charge in [0.2, 0.25) is 5.91 Å². The summed E-state index contributed by atoms with van der Waals surface area (Å²) >= 11 is 0. The van der Waals surface area contributed by atoms with Gasteiger partial charge in [-0.25, -0.2) is 4.79 Å². The molecule has 1 aliphatic rings. The lowest BCUT2D eigenvalue weighted by Crippen LogP contribution is -2.26. The van der Waals surface area contributed by atoms with E-state index in [1.165, 1.54) is 30.5 Å². The Morgan fingerprint density at radius 3 is 2.82 bits per heavy atom. The first-order valence-corrected chi connectivity index (χ1v) is 4.98. The number of carbonyl (C=O) groups is 3. The standard InChI is InChI=1S/C11H10N2O4/c1-17-11(16)8-2-3-12-5-9(8)13-6-7(14)4-10(13)15/h2-3,5H,4,6H2,1H3. The molecule has 6 heteroatoms. The average Bonchev–Trinajstić information content (AvgIpc) is 2.67. The molecule has 1 fully saturated rings. The van der Waals surface area contributed by atoms with Crippen molar-refractivity contribution < 1.29 is 19.1 Å². The molecule has 1 aliphatic heterocycles. The van der Waals surface area contributed by atoms with E-state index in [-0.39, 0.29) is 30.2 Å². The van der Waals surface area contributed by atoms with Crippen molar-refractivity contribution in [3.63, 3.8) is 0 Å². The van der Waals surface area contributed by atoms with Gasteiger partial charge in [0.1, 0.15) is 0 Å². The summed E-state index contributed by atoms with van der Waals surface area (Å²) in [4.78, 5) is 39.4. The zero-order chi connectivity index (χ0) is 12.4. The molecule has 0 spiro atoms. The summed E-state index contributed by atoms with van der Waals surface area (Å²) in [6.07, 6.45) is 2.68. The maximum atomic E-state index is 11.6. The van der Waals surface area contributed by atoms with Crippen molar-refractivity contribution in [3.8, 4) is 0 Å². The molecule has 0 aliphatic carbocycles. The Bertz CT molecular complexity index is 498. The van der Waals surface area contributed by atoms with Crippen LogP contribution in [0.3, 0.4) is 0 Å². The van der Waals surface area contributed by atoms with Crippen molar-refractivity contribution >= 4 is 23.3 Å². The van der Waals surface area contributed by atoms with Crippen molar-refractivity contribution in [2.45, 2.75) is 6.42 Å². The summed E-state index contributed by atoms with van der Waals surface area (Å²) in [5.74, 6) is -1.06. The molecule has 6 nitrogen and oxygen atoms in total. The van der Waals surface area contributed by atoms with E-state index < -0.39 is 5.97 Å². The summed E-state index contributed by atoms with van der Waals surface area (Å²) in [6, 6.07) is 1.46. The van der Waals surface area contributed by atoms with Crippen LogP contribution in [0.15, 0.2) is 18.5 Å². The molecule has 1 aromatic heterocycles. The fourth-order valence-electron chi connectivity index (χ4n) is 1.69. The molecular formula is C11H10N2O4. The highest BCUT2D eigenvalue weighted by molar-refractivity contribution is 6.16. The highest BCUT2D eigenvalue weighted by Gasteiger charge is 2.31. The van der Waals surface area contributed by atoms with E-state index in [2.05, 4.69) is 9.72 Å². The molecule has 1 saturated heterocycles. The zero-order valence-corrected chi connectivity index (χ0v) is 9.17. The third-order valence-corrected chi connectivity index (χ3v) is 2.48. The topological polar surface area (TPSA) is 76.6 Å². The van der Waals surface area contributed by atoms with Crippen molar-refractivity contribution in [2.24, 2.45) is 0 Å². The number of ether oxygens (including phenoxy) is 1. The van der Waals surface area contributed by atoms with Gasteiger partial charge in [-0.05, 0) is 6.07 Å². The highest BCUT2D eigenvalue weighted by Crippen LogP contribution is 2.23. The number of hydrogen-bond donors (Lipinski definition) is 0. The molecular weight excluding hydrogens is 224 g/mol. The number of hydrogen-bond acceptors (Lipinski definition) is 5. The van der Waals surface area contributed by atoms with Crippen molar-refractivity contribution in [1.29, 1.82) is 0 Å². The number of esters is 1. The number of nitrogens with zero attached hydrogens (tertiary/aromatic N) is 2. The smallest absolute Gasteiger partial charge is 0.340 e. The average molecular weight is 234 g/mol. The SMILES string of the molecule is COC(=O)c1ccncc1N1CC(=O)CC1=O. The number of ketones is 1. The minimum Gasteiger partial charge on any atom is -0.465 e. The summed E-state index contributed by atoms with van der Waals surface area (Å²) in [5, 5.41) is 0. The molecule has 0 saturated carbocycles. The molecule has 1 amide bonds. The van der Waals surface area contributed by atoms with Crippen LogP contribution in [0.2, 0.25) is 0 Å². The molecule has 0 unspecified atom stereocenters. The second-order valence-electron chi connectivity index (χ2n) is 3.58. The monoisotopic (exact) mass is 234 g/mol. The van der Waals surface area contributed by atoms with Crippen LogP contribution in [0.5, 0.6) is 0 Å². The van der Waals surface area contributed by atoms with Gasteiger partial charge in [-0.3, -0.25) is 14.6 Å². The van der Waals surface area contributed by atoms with E-state index in [1.54, 1.807) is 0 Å². The Kier molecular flexibility index (Phi) is 2.86. The van der Waals surface area contributed by atoms with Gasteiger partial charge in [0.15, 0.2) is 5.78 Å². The van der Waals surface area contributed by atoms with E-state index in [1.807, 2.05) is 0 Å². The second kappa shape index (κ2) is 4.32. The number of carbonyl (C=O) groups excluding carboxylic acids is 3. The first-order chi connectivity index (χ1) is 8.13. The number of pyridine rings is 1. The molecule has 0 aromatic carbocycles. The predicted molar refractivity (Wildman–Crippen MR) is 57.6 cm³/mol. The van der Waals surface area contributed by atoms with E-state index in [0.717, 1.165) is 0 Å². The molecule has 2 rings (SSSR count). The number of anilines is 1. The van der Waals surface area contributed by atoms with Crippen LogP contribution in [-0.4, -0.2) is 36.3 Å². The van der Waals surface area contributed by atoms with Crippen LogP contribution in [-0.2, 0) is 14.3 Å². The van der Waals surface area contributed by atoms with Crippen LogP contribution >= 0.6 is 0 Å². The van der Waals surface area contributed by atoms with Gasteiger partial charge in [-0.2, -0.15) is 0 Å². The summed E-state index contributed by atoms with van der Waals surface area (Å²) in [5.41, 5.74) is 0.542. The first-order valence-electron chi connectivity index (χ1n) is 4.98. The fraction of sp³-hybridized carbons (Fsp3) is 0.273. The van der Waals surface area contributed by atoms with Crippen molar-refractivity contribution in [3.05, 3.63) is 24.0 Å². The minimum absolute atomic E-state index is 0.0193. The molecule has 0 atom stereocenters. The number of amides is 1. The lowest BCUT2D eigenvalue weighted by atomic mass is 10.2. The zero-order valence-electron chi connectivity index (χ0n) is 9.17. The van der Waals surface area contributed by atoms with E-state index in [0.29, 0.717) is 5.69 Å². The predicted octanol–water partition coefficient (Wildman–Crippen LogP) is 0.174. The van der Waals surface area contributed by atoms with Crippen LogP contribution in [0, 0.1) is 0 Å². The molecule has 0 radical (unpaired) electrons. The Morgan fingerprint density at radius 2 is 2.24 bits per heavy atom. The summed E-state index contributed by atoms with van der Waals surface area (Å²) in [7, 11) is 1.25. The fourth-order valence-corrected chi connectivity index (χ4v) is 1.69. The molecule has 17 heavy (non-hydrogen) atoms. The van der Waals surface area contributed by atoms with Gasteiger partial charge in [0, 0.05) is 6.20 Å². The molecule has 0 bridgehead atoms. The number of rotatable bonds is 2. The normalized spacial score (nSPS) is 15.2.